The smallest absolute Gasteiger partial charge is 0.149 e. The number of aliphatic hydroxyl groups excluding tert-OH is 2. The number of aromatic nitrogens is 3. The summed E-state index contributed by atoms with van der Waals surface area (Å²) in [6.45, 7) is -0.234. The fourth-order valence-electron chi connectivity index (χ4n) is 2.33. The van der Waals surface area contributed by atoms with Crippen LogP contribution in [0.2, 0.25) is 5.02 Å². The first-order valence-electron chi connectivity index (χ1n) is 5.82. The molecule has 1 fully saturated rings. The lowest BCUT2D eigenvalue weighted by Gasteiger charge is -2.14. The van der Waals surface area contributed by atoms with Gasteiger partial charge in [0.1, 0.15) is 30.1 Å². The zero-order chi connectivity index (χ0) is 13.6. The number of hydrogen-bond acceptors (Lipinski definition) is 6. The van der Waals surface area contributed by atoms with Gasteiger partial charge in [-0.25, -0.2) is 9.97 Å². The molecule has 3 unspecified atom stereocenters. The average molecular weight is 285 g/mol. The highest BCUT2D eigenvalue weighted by molar-refractivity contribution is 6.36. The van der Waals surface area contributed by atoms with Crippen molar-refractivity contribution in [1.29, 1.82) is 0 Å². The summed E-state index contributed by atoms with van der Waals surface area (Å²) in [4.78, 5) is 8.04. The van der Waals surface area contributed by atoms with E-state index < -0.39 is 18.4 Å². The van der Waals surface area contributed by atoms with Gasteiger partial charge in [-0.2, -0.15) is 0 Å². The number of aliphatic hydroxyl groups is 2. The summed E-state index contributed by atoms with van der Waals surface area (Å²) in [6, 6.07) is 0. The highest BCUT2D eigenvalue weighted by Crippen LogP contribution is 2.35. The summed E-state index contributed by atoms with van der Waals surface area (Å²) >= 11 is 6.12. The lowest BCUT2D eigenvalue weighted by Crippen LogP contribution is -2.24. The van der Waals surface area contributed by atoms with Crippen molar-refractivity contribution in [2.75, 3.05) is 12.3 Å². The fourth-order valence-corrected chi connectivity index (χ4v) is 2.62. The lowest BCUT2D eigenvalue weighted by atomic mass is 10.2. The van der Waals surface area contributed by atoms with Crippen LogP contribution in [-0.4, -0.2) is 43.6 Å². The Morgan fingerprint density at radius 2 is 2.32 bits per heavy atom. The molecule has 3 heterocycles. The van der Waals surface area contributed by atoms with Gasteiger partial charge in [0.15, 0.2) is 0 Å². The molecule has 1 saturated heterocycles. The molecule has 0 aliphatic carbocycles. The van der Waals surface area contributed by atoms with Crippen molar-refractivity contribution in [2.45, 2.75) is 24.9 Å². The number of nitrogens with zero attached hydrogens (tertiary/aromatic N) is 3. The van der Waals surface area contributed by atoms with Crippen molar-refractivity contribution in [3.63, 3.8) is 0 Å². The SMILES string of the molecule is Nc1ncnc2c1c(Cl)cn2C1CC(O)C(CO)O1. The Morgan fingerprint density at radius 1 is 1.53 bits per heavy atom. The number of rotatable bonds is 2. The van der Waals surface area contributed by atoms with Gasteiger partial charge in [0.2, 0.25) is 0 Å². The molecule has 1 aliphatic heterocycles. The van der Waals surface area contributed by atoms with E-state index in [0.29, 0.717) is 28.3 Å². The minimum Gasteiger partial charge on any atom is -0.394 e. The third-order valence-electron chi connectivity index (χ3n) is 3.29. The van der Waals surface area contributed by atoms with Gasteiger partial charge in [0, 0.05) is 12.6 Å². The van der Waals surface area contributed by atoms with E-state index >= 15 is 0 Å². The molecule has 0 radical (unpaired) electrons. The Hall–Kier alpha value is -1.41. The summed E-state index contributed by atoms with van der Waals surface area (Å²) in [5.41, 5.74) is 6.32. The molecule has 1 aliphatic rings. The molecular formula is C11H13ClN4O3. The zero-order valence-electron chi connectivity index (χ0n) is 9.90. The van der Waals surface area contributed by atoms with Crippen LogP contribution in [0.3, 0.4) is 0 Å². The van der Waals surface area contributed by atoms with E-state index in [-0.39, 0.29) is 6.61 Å². The molecule has 0 spiro atoms. The predicted octanol–water partition coefficient (Wildman–Crippen LogP) is 0.308. The van der Waals surface area contributed by atoms with Crippen LogP contribution >= 0.6 is 11.6 Å². The molecule has 0 saturated carbocycles. The number of halogens is 1. The maximum Gasteiger partial charge on any atom is 0.149 e. The van der Waals surface area contributed by atoms with Gasteiger partial charge in [-0.1, -0.05) is 11.6 Å². The molecule has 0 amide bonds. The standard InChI is InChI=1S/C11H13ClN4O3/c12-5-2-16(8-1-6(18)7(3-17)19-8)11-9(5)10(13)14-4-15-11/h2,4,6-8,17-18H,1,3H2,(H2,13,14,15). The first-order valence-corrected chi connectivity index (χ1v) is 6.20. The van der Waals surface area contributed by atoms with Crippen molar-refractivity contribution >= 4 is 28.5 Å². The normalized spacial score (nSPS) is 27.2. The van der Waals surface area contributed by atoms with Crippen LogP contribution in [0.4, 0.5) is 5.82 Å². The number of fused-ring (bicyclic) bond motifs is 1. The summed E-state index contributed by atoms with van der Waals surface area (Å²) < 4.78 is 7.28. The Morgan fingerprint density at radius 3 is 3.00 bits per heavy atom. The average Bonchev–Trinajstić information content (AvgIpc) is 2.91. The van der Waals surface area contributed by atoms with Crippen molar-refractivity contribution in [1.82, 2.24) is 14.5 Å². The fraction of sp³-hybridized carbons (Fsp3) is 0.455. The van der Waals surface area contributed by atoms with E-state index in [1.165, 1.54) is 6.33 Å². The number of hydrogen-bond donors (Lipinski definition) is 3. The summed E-state index contributed by atoms with van der Waals surface area (Å²) in [7, 11) is 0. The van der Waals surface area contributed by atoms with Crippen molar-refractivity contribution in [3.8, 4) is 0 Å². The third kappa shape index (κ3) is 1.95. The second kappa shape index (κ2) is 4.61. The molecule has 7 nitrogen and oxygen atoms in total. The second-order valence-electron chi connectivity index (χ2n) is 4.46. The van der Waals surface area contributed by atoms with E-state index in [2.05, 4.69) is 9.97 Å². The van der Waals surface area contributed by atoms with E-state index in [4.69, 9.17) is 27.2 Å². The Bertz CT molecular complexity index is 617. The van der Waals surface area contributed by atoms with E-state index in [0.717, 1.165) is 0 Å². The molecular weight excluding hydrogens is 272 g/mol. The van der Waals surface area contributed by atoms with Crippen LogP contribution < -0.4 is 5.73 Å². The van der Waals surface area contributed by atoms with Gasteiger partial charge in [-0.3, -0.25) is 0 Å². The van der Waals surface area contributed by atoms with Crippen molar-refractivity contribution < 1.29 is 14.9 Å². The van der Waals surface area contributed by atoms with Gasteiger partial charge in [-0.05, 0) is 0 Å². The van der Waals surface area contributed by atoms with Crippen molar-refractivity contribution in [2.24, 2.45) is 0 Å². The second-order valence-corrected chi connectivity index (χ2v) is 4.86. The van der Waals surface area contributed by atoms with Crippen LogP contribution in [0, 0.1) is 0 Å². The van der Waals surface area contributed by atoms with E-state index in [1.807, 2.05) is 0 Å². The molecule has 0 aromatic carbocycles. The van der Waals surface area contributed by atoms with Gasteiger partial charge in [0.05, 0.1) is 23.1 Å². The minimum atomic E-state index is -0.717. The highest BCUT2D eigenvalue weighted by atomic mass is 35.5. The Labute approximate surface area is 113 Å². The number of nitrogen functional groups attached to an aromatic ring is 1. The first kappa shape index (κ1) is 12.6. The monoisotopic (exact) mass is 284 g/mol. The van der Waals surface area contributed by atoms with Gasteiger partial charge < -0.3 is 25.3 Å². The maximum absolute atomic E-state index is 9.77. The van der Waals surface area contributed by atoms with Crippen LogP contribution in [0.1, 0.15) is 12.6 Å². The molecule has 102 valence electrons. The van der Waals surface area contributed by atoms with Gasteiger partial charge in [0.25, 0.3) is 0 Å². The largest absolute Gasteiger partial charge is 0.394 e. The summed E-state index contributed by atoms with van der Waals surface area (Å²) in [5, 5.41) is 19.9. The summed E-state index contributed by atoms with van der Waals surface area (Å²) in [5.74, 6) is 0.297. The molecule has 4 N–H and O–H groups in total. The number of nitrogens with two attached hydrogens (primary N) is 1. The molecule has 2 aromatic heterocycles. The third-order valence-corrected chi connectivity index (χ3v) is 3.57. The van der Waals surface area contributed by atoms with Crippen LogP contribution in [0.5, 0.6) is 0 Å². The summed E-state index contributed by atoms with van der Waals surface area (Å²) in [6.07, 6.45) is 1.60. The molecule has 2 aromatic rings. The quantitative estimate of drug-likeness (QED) is 0.733. The van der Waals surface area contributed by atoms with Crippen LogP contribution in [-0.2, 0) is 4.74 Å². The van der Waals surface area contributed by atoms with Gasteiger partial charge in [-0.15, -0.1) is 0 Å². The molecule has 19 heavy (non-hydrogen) atoms. The van der Waals surface area contributed by atoms with Crippen LogP contribution in [0.15, 0.2) is 12.5 Å². The number of ether oxygens (including phenoxy) is 1. The zero-order valence-corrected chi connectivity index (χ0v) is 10.7. The van der Waals surface area contributed by atoms with Crippen molar-refractivity contribution in [3.05, 3.63) is 17.5 Å². The maximum atomic E-state index is 9.77. The predicted molar refractivity (Wildman–Crippen MR) is 68.6 cm³/mol. The van der Waals surface area contributed by atoms with Gasteiger partial charge >= 0.3 is 0 Å². The molecule has 0 bridgehead atoms. The minimum absolute atomic E-state index is 0.234. The lowest BCUT2D eigenvalue weighted by molar-refractivity contribution is -0.0430. The molecule has 8 heteroatoms. The topological polar surface area (TPSA) is 106 Å². The molecule has 3 atom stereocenters. The Balaban J connectivity index is 2.05. The number of anilines is 1. The van der Waals surface area contributed by atoms with E-state index in [9.17, 15) is 5.11 Å². The first-order chi connectivity index (χ1) is 9.11. The van der Waals surface area contributed by atoms with E-state index in [1.54, 1.807) is 10.8 Å². The highest BCUT2D eigenvalue weighted by Gasteiger charge is 2.35. The molecule has 3 rings (SSSR count). The Kier molecular flexibility index (Phi) is 3.06. The van der Waals surface area contributed by atoms with Crippen LogP contribution in [0.25, 0.3) is 11.0 Å².